The quantitative estimate of drug-likeness (QED) is 0.181. The van der Waals surface area contributed by atoms with E-state index < -0.39 is 29.0 Å². The zero-order chi connectivity index (χ0) is 25.4. The molecule has 5 nitrogen and oxygen atoms in total. The number of ketones is 1. The first-order chi connectivity index (χ1) is 17.4. The van der Waals surface area contributed by atoms with Crippen LogP contribution in [0.15, 0.2) is 66.9 Å². The molecule has 0 saturated heterocycles. The van der Waals surface area contributed by atoms with E-state index in [0.717, 1.165) is 29.3 Å². The average Bonchev–Trinajstić information content (AvgIpc) is 3.22. The normalized spacial score (nSPS) is 12.7. The molecule has 36 heavy (non-hydrogen) atoms. The number of nitrogens with zero attached hydrogens (tertiary/aromatic N) is 1. The molecule has 1 aromatic heterocycles. The first-order valence-electron chi connectivity index (χ1n) is 11.0. The Kier molecular flexibility index (Phi) is 6.51. The van der Waals surface area contributed by atoms with Crippen LogP contribution in [0.3, 0.4) is 0 Å². The molecule has 9 heteroatoms. The predicted octanol–water partition coefficient (Wildman–Crippen LogP) is 6.60. The molecule has 1 N–H and O–H groups in total. The lowest BCUT2D eigenvalue weighted by Crippen LogP contribution is -2.13. The Balaban J connectivity index is 1.59. The number of ether oxygens (including phenoxy) is 1. The summed E-state index contributed by atoms with van der Waals surface area (Å²) in [5.41, 5.74) is 1.72. The van der Waals surface area contributed by atoms with Crippen molar-refractivity contribution >= 4 is 51.5 Å². The van der Waals surface area contributed by atoms with Gasteiger partial charge in [-0.15, -0.1) is 11.6 Å². The summed E-state index contributed by atoms with van der Waals surface area (Å²) in [6.45, 7) is 0.797. The third kappa shape index (κ3) is 4.25. The minimum absolute atomic E-state index is 0.0745. The largest absolute Gasteiger partial charge is 0.491 e. The van der Waals surface area contributed by atoms with Gasteiger partial charge in [-0.3, -0.25) is 9.59 Å². The molecule has 0 unspecified atom stereocenters. The summed E-state index contributed by atoms with van der Waals surface area (Å²) in [5, 5.41) is 3.26. The summed E-state index contributed by atoms with van der Waals surface area (Å²) in [7, 11) is 0. The second-order valence-corrected chi connectivity index (χ2v) is 8.81. The minimum atomic E-state index is -1.07. The Bertz CT molecular complexity index is 1540. The van der Waals surface area contributed by atoms with Crippen LogP contribution in [0.2, 0.25) is 5.02 Å². The van der Waals surface area contributed by atoms with E-state index in [2.05, 4.69) is 5.32 Å². The molecule has 0 fully saturated rings. The fourth-order valence-electron chi connectivity index (χ4n) is 4.35. The highest BCUT2D eigenvalue weighted by Gasteiger charge is 2.25. The Morgan fingerprint density at radius 3 is 2.61 bits per heavy atom. The molecule has 0 aliphatic carbocycles. The number of rotatable bonds is 5. The topological polar surface area (TPSA) is 60.3 Å². The lowest BCUT2D eigenvalue weighted by atomic mass is 9.97. The van der Waals surface area contributed by atoms with Gasteiger partial charge in [0.05, 0.1) is 17.1 Å². The number of nitrogens with one attached hydrogen (secondary N) is 1. The highest BCUT2D eigenvalue weighted by molar-refractivity contribution is 6.34. The van der Waals surface area contributed by atoms with E-state index >= 15 is 0 Å². The number of anilines is 1. The monoisotopic (exact) mass is 526 g/mol. The number of carbonyl (C=O) groups excluding carboxylic acids is 2. The first-order valence-corrected chi connectivity index (χ1v) is 11.9. The predicted molar refractivity (Wildman–Crippen MR) is 136 cm³/mol. The van der Waals surface area contributed by atoms with Crippen LogP contribution in [0.1, 0.15) is 15.9 Å². The zero-order valence-corrected chi connectivity index (χ0v) is 20.2. The van der Waals surface area contributed by atoms with Crippen LogP contribution in [-0.2, 0) is 11.3 Å². The van der Waals surface area contributed by atoms with E-state index in [1.165, 1.54) is 6.08 Å². The number of benzene rings is 3. The fourth-order valence-corrected chi connectivity index (χ4v) is 4.71. The summed E-state index contributed by atoms with van der Waals surface area (Å²) in [4.78, 5) is 25.3. The van der Waals surface area contributed by atoms with Gasteiger partial charge in [-0.25, -0.2) is 8.78 Å². The number of aromatic nitrogens is 1. The van der Waals surface area contributed by atoms with Gasteiger partial charge in [0.15, 0.2) is 5.78 Å². The van der Waals surface area contributed by atoms with Crippen molar-refractivity contribution in [3.8, 4) is 16.9 Å². The van der Waals surface area contributed by atoms with E-state index in [1.54, 1.807) is 30.5 Å². The number of para-hydroxylation sites is 1. The molecule has 4 aromatic rings. The highest BCUT2D eigenvalue weighted by atomic mass is 35.5. The molecule has 0 atom stereocenters. The van der Waals surface area contributed by atoms with E-state index in [1.807, 2.05) is 16.7 Å². The Hall–Kier alpha value is -3.68. The molecule has 0 bridgehead atoms. The maximum atomic E-state index is 14.8. The van der Waals surface area contributed by atoms with Gasteiger partial charge in [0, 0.05) is 45.8 Å². The van der Waals surface area contributed by atoms with Gasteiger partial charge >= 0.3 is 0 Å². The summed E-state index contributed by atoms with van der Waals surface area (Å²) >= 11 is 12.0. The maximum Gasteiger partial charge on any atom is 0.248 e. The van der Waals surface area contributed by atoms with Crippen LogP contribution < -0.4 is 10.1 Å². The number of amides is 1. The lowest BCUT2D eigenvalue weighted by Gasteiger charge is -2.19. The molecule has 2 heterocycles. The van der Waals surface area contributed by atoms with E-state index in [4.69, 9.17) is 27.9 Å². The van der Waals surface area contributed by atoms with Crippen LogP contribution in [0.4, 0.5) is 14.5 Å². The van der Waals surface area contributed by atoms with Crippen molar-refractivity contribution in [2.24, 2.45) is 0 Å². The zero-order valence-electron chi connectivity index (χ0n) is 18.7. The molecule has 182 valence electrons. The summed E-state index contributed by atoms with van der Waals surface area (Å²) in [5.74, 6) is -2.73. The minimum Gasteiger partial charge on any atom is -0.491 e. The number of fused-ring (bicyclic) bond motifs is 2. The number of halogens is 4. The van der Waals surface area contributed by atoms with Crippen molar-refractivity contribution in [3.63, 3.8) is 0 Å². The summed E-state index contributed by atoms with van der Waals surface area (Å²) < 4.78 is 37.3. The Morgan fingerprint density at radius 2 is 1.86 bits per heavy atom. The highest BCUT2D eigenvalue weighted by Crippen LogP contribution is 2.42. The number of hydrogen-bond acceptors (Lipinski definition) is 3. The maximum absolute atomic E-state index is 14.8. The molecule has 5 rings (SSSR count). The molecule has 3 aromatic carbocycles. The van der Waals surface area contributed by atoms with Gasteiger partial charge in [-0.1, -0.05) is 41.9 Å². The van der Waals surface area contributed by atoms with Crippen molar-refractivity contribution in [2.45, 2.75) is 6.54 Å². The van der Waals surface area contributed by atoms with E-state index in [-0.39, 0.29) is 17.0 Å². The molecule has 1 aliphatic rings. The van der Waals surface area contributed by atoms with Crippen LogP contribution in [0.25, 0.3) is 22.0 Å². The standard InChI is InChI=1S/C27H18Cl2F2N2O3/c28-9-3-8-23(34)32-25-20(30)12-15(13-21(25)31)27(35)18-14-33-10-11-36-22-7-2-6-19(29)24(22)17-5-1-4-16(18)26(17)33/h1-8,12-14H,9-11H2,(H,32,34)/b8-3+. The third-order valence-electron chi connectivity index (χ3n) is 5.89. The summed E-state index contributed by atoms with van der Waals surface area (Å²) in [6.07, 6.45) is 4.06. The van der Waals surface area contributed by atoms with Crippen molar-refractivity contribution in [1.29, 1.82) is 0 Å². The van der Waals surface area contributed by atoms with Crippen molar-refractivity contribution < 1.29 is 23.1 Å². The molecular weight excluding hydrogens is 509 g/mol. The second kappa shape index (κ2) is 9.76. The van der Waals surface area contributed by atoms with Gasteiger partial charge in [-0.2, -0.15) is 0 Å². The van der Waals surface area contributed by atoms with Gasteiger partial charge < -0.3 is 14.6 Å². The van der Waals surface area contributed by atoms with Crippen molar-refractivity contribution in [2.75, 3.05) is 17.8 Å². The fraction of sp³-hybridized carbons (Fsp3) is 0.111. The number of alkyl halides is 1. The van der Waals surface area contributed by atoms with Gasteiger partial charge in [0.2, 0.25) is 5.91 Å². The van der Waals surface area contributed by atoms with Crippen molar-refractivity contribution in [3.05, 3.63) is 94.7 Å². The molecule has 0 radical (unpaired) electrons. The first kappa shape index (κ1) is 24.0. The Morgan fingerprint density at radius 1 is 1.11 bits per heavy atom. The molecular formula is C27H18Cl2F2N2O3. The second-order valence-electron chi connectivity index (χ2n) is 8.09. The lowest BCUT2D eigenvalue weighted by molar-refractivity contribution is -0.112. The van der Waals surface area contributed by atoms with Crippen LogP contribution in [0, 0.1) is 11.6 Å². The van der Waals surface area contributed by atoms with Gasteiger partial charge in [0.1, 0.15) is 29.7 Å². The SMILES string of the molecule is O=C(/C=C/CCl)Nc1c(F)cc(C(=O)c2cn3c4c(cccc24)-c2c(Cl)cccc2OCC3)cc1F. The smallest absolute Gasteiger partial charge is 0.248 e. The average molecular weight is 527 g/mol. The molecule has 1 amide bonds. The number of carbonyl (C=O) groups is 2. The van der Waals surface area contributed by atoms with E-state index in [0.29, 0.717) is 34.9 Å². The third-order valence-corrected chi connectivity index (χ3v) is 6.38. The van der Waals surface area contributed by atoms with Crippen molar-refractivity contribution in [1.82, 2.24) is 4.57 Å². The van der Waals surface area contributed by atoms with Gasteiger partial charge in [0.25, 0.3) is 0 Å². The van der Waals surface area contributed by atoms with E-state index in [9.17, 15) is 18.4 Å². The molecule has 1 aliphatic heterocycles. The van der Waals surface area contributed by atoms with Crippen LogP contribution in [0.5, 0.6) is 5.75 Å². The van der Waals surface area contributed by atoms with Crippen LogP contribution in [-0.4, -0.2) is 28.7 Å². The molecule has 0 spiro atoms. The number of hydrogen-bond donors (Lipinski definition) is 1. The summed E-state index contributed by atoms with van der Waals surface area (Å²) in [6, 6.07) is 12.7. The number of allylic oxidation sites excluding steroid dienone is 1. The Labute approximate surface area is 214 Å². The van der Waals surface area contributed by atoms with Gasteiger partial charge in [-0.05, 0) is 24.3 Å². The van der Waals surface area contributed by atoms with Crippen LogP contribution >= 0.6 is 23.2 Å². The molecule has 0 saturated carbocycles.